The fourth-order valence-corrected chi connectivity index (χ4v) is 2.88. The van der Waals surface area contributed by atoms with Crippen molar-refractivity contribution in [1.29, 1.82) is 0 Å². The van der Waals surface area contributed by atoms with E-state index in [1.54, 1.807) is 0 Å². The molecular formula is C13H18BrN. The first-order valence-electron chi connectivity index (χ1n) is 5.79. The summed E-state index contributed by atoms with van der Waals surface area (Å²) in [6.45, 7) is 2.08. The van der Waals surface area contributed by atoms with Gasteiger partial charge in [-0.1, -0.05) is 41.3 Å². The highest BCUT2D eigenvalue weighted by atomic mass is 79.9. The number of aryl methyl sites for hydroxylation is 1. The van der Waals surface area contributed by atoms with Crippen molar-refractivity contribution in [2.75, 3.05) is 0 Å². The lowest BCUT2D eigenvalue weighted by atomic mass is 9.81. The predicted molar refractivity (Wildman–Crippen MR) is 67.4 cm³/mol. The molecule has 2 rings (SSSR count). The molecule has 1 atom stereocenters. The Bertz CT molecular complexity index is 303. The van der Waals surface area contributed by atoms with E-state index in [2.05, 4.69) is 40.0 Å². The van der Waals surface area contributed by atoms with Gasteiger partial charge in [0, 0.05) is 23.1 Å². The maximum Gasteiger partial charge on any atom is 0.0414 e. The molecule has 15 heavy (non-hydrogen) atoms. The van der Waals surface area contributed by atoms with Gasteiger partial charge in [0.05, 0.1) is 0 Å². The Morgan fingerprint density at radius 1 is 1.47 bits per heavy atom. The molecule has 1 fully saturated rings. The van der Waals surface area contributed by atoms with E-state index in [9.17, 15) is 0 Å². The summed E-state index contributed by atoms with van der Waals surface area (Å²) in [7, 11) is 0. The van der Waals surface area contributed by atoms with Crippen LogP contribution in [0, 0.1) is 12.8 Å². The van der Waals surface area contributed by atoms with Gasteiger partial charge in [0.15, 0.2) is 0 Å². The molecule has 0 N–H and O–H groups in total. The van der Waals surface area contributed by atoms with Crippen molar-refractivity contribution in [1.82, 2.24) is 4.98 Å². The number of aromatic nitrogens is 1. The third kappa shape index (κ3) is 3.30. The molecule has 1 aromatic heterocycles. The molecule has 0 bridgehead atoms. The summed E-state index contributed by atoms with van der Waals surface area (Å²) >= 11 is 3.77. The highest BCUT2D eigenvalue weighted by molar-refractivity contribution is 9.09. The monoisotopic (exact) mass is 267 g/mol. The van der Waals surface area contributed by atoms with Crippen molar-refractivity contribution in [3.63, 3.8) is 0 Å². The molecule has 0 aromatic carbocycles. The first-order valence-corrected chi connectivity index (χ1v) is 6.71. The van der Waals surface area contributed by atoms with Gasteiger partial charge in [0.2, 0.25) is 0 Å². The molecule has 1 unspecified atom stereocenters. The molecule has 1 saturated carbocycles. The average molecular weight is 268 g/mol. The van der Waals surface area contributed by atoms with Crippen LogP contribution in [0.15, 0.2) is 18.3 Å². The van der Waals surface area contributed by atoms with Crippen molar-refractivity contribution < 1.29 is 0 Å². The molecule has 82 valence electrons. The van der Waals surface area contributed by atoms with Gasteiger partial charge in [0.25, 0.3) is 0 Å². The Labute approximate surface area is 100 Å². The van der Waals surface area contributed by atoms with Crippen LogP contribution in [0.1, 0.15) is 36.9 Å². The summed E-state index contributed by atoms with van der Waals surface area (Å²) in [5, 5.41) is 0. The summed E-state index contributed by atoms with van der Waals surface area (Å²) in [6.07, 6.45) is 8.64. The SMILES string of the molecule is Cc1ccc(CC(Br)CC2CCC2)nc1. The summed E-state index contributed by atoms with van der Waals surface area (Å²) < 4.78 is 0. The molecule has 0 saturated heterocycles. The summed E-state index contributed by atoms with van der Waals surface area (Å²) in [6, 6.07) is 4.29. The smallest absolute Gasteiger partial charge is 0.0414 e. The number of rotatable bonds is 4. The standard InChI is InChI=1S/C13H18BrN/c1-10-5-6-13(15-9-10)8-12(14)7-11-3-2-4-11/h5-6,9,11-12H,2-4,7-8H2,1H3. The molecule has 0 radical (unpaired) electrons. The van der Waals surface area contributed by atoms with Crippen LogP contribution in [0.3, 0.4) is 0 Å². The zero-order valence-corrected chi connectivity index (χ0v) is 10.8. The average Bonchev–Trinajstić information content (AvgIpc) is 2.16. The lowest BCUT2D eigenvalue weighted by Gasteiger charge is -2.27. The summed E-state index contributed by atoms with van der Waals surface area (Å²) in [4.78, 5) is 5.05. The van der Waals surface area contributed by atoms with Gasteiger partial charge >= 0.3 is 0 Å². The van der Waals surface area contributed by atoms with Gasteiger partial charge in [0.1, 0.15) is 0 Å². The molecule has 0 spiro atoms. The molecule has 1 nitrogen and oxygen atoms in total. The van der Waals surface area contributed by atoms with Crippen LogP contribution in [0.4, 0.5) is 0 Å². The van der Waals surface area contributed by atoms with Crippen LogP contribution >= 0.6 is 15.9 Å². The zero-order chi connectivity index (χ0) is 10.7. The molecule has 2 heteroatoms. The van der Waals surface area contributed by atoms with Crippen LogP contribution in [-0.2, 0) is 6.42 Å². The second kappa shape index (κ2) is 5.11. The van der Waals surface area contributed by atoms with Gasteiger partial charge in [-0.2, -0.15) is 0 Å². The predicted octanol–water partition coefficient (Wildman–Crippen LogP) is 3.89. The summed E-state index contributed by atoms with van der Waals surface area (Å²) in [5.41, 5.74) is 2.45. The normalized spacial score (nSPS) is 18.5. The minimum atomic E-state index is 0.609. The minimum Gasteiger partial charge on any atom is -0.261 e. The lowest BCUT2D eigenvalue weighted by Crippen LogP contribution is -2.17. The molecule has 1 aromatic rings. The quantitative estimate of drug-likeness (QED) is 0.755. The van der Waals surface area contributed by atoms with Crippen LogP contribution < -0.4 is 0 Å². The van der Waals surface area contributed by atoms with Gasteiger partial charge in [-0.15, -0.1) is 0 Å². The van der Waals surface area contributed by atoms with Gasteiger partial charge in [-0.3, -0.25) is 4.98 Å². The first kappa shape index (κ1) is 11.1. The maximum atomic E-state index is 4.44. The Morgan fingerprint density at radius 3 is 2.80 bits per heavy atom. The fraction of sp³-hybridized carbons (Fsp3) is 0.615. The second-order valence-corrected chi connectivity index (χ2v) is 5.96. The Balaban J connectivity index is 1.82. The zero-order valence-electron chi connectivity index (χ0n) is 9.25. The van der Waals surface area contributed by atoms with Crippen LogP contribution in [-0.4, -0.2) is 9.81 Å². The molecule has 0 aliphatic heterocycles. The van der Waals surface area contributed by atoms with Crippen molar-refractivity contribution in [2.24, 2.45) is 5.92 Å². The van der Waals surface area contributed by atoms with Crippen LogP contribution in [0.2, 0.25) is 0 Å². The lowest BCUT2D eigenvalue weighted by molar-refractivity contribution is 0.294. The van der Waals surface area contributed by atoms with E-state index >= 15 is 0 Å². The van der Waals surface area contributed by atoms with E-state index in [0.29, 0.717) is 4.83 Å². The van der Waals surface area contributed by atoms with E-state index < -0.39 is 0 Å². The number of halogens is 1. The fourth-order valence-electron chi connectivity index (χ4n) is 2.02. The van der Waals surface area contributed by atoms with E-state index in [1.807, 2.05) is 6.20 Å². The largest absolute Gasteiger partial charge is 0.261 e. The number of alkyl halides is 1. The second-order valence-electron chi connectivity index (χ2n) is 4.66. The molecular weight excluding hydrogens is 250 g/mol. The highest BCUT2D eigenvalue weighted by Gasteiger charge is 2.20. The van der Waals surface area contributed by atoms with Gasteiger partial charge in [-0.05, 0) is 30.9 Å². The molecule has 0 amide bonds. The summed E-state index contributed by atoms with van der Waals surface area (Å²) in [5.74, 6) is 0.972. The molecule has 1 aliphatic carbocycles. The van der Waals surface area contributed by atoms with Gasteiger partial charge < -0.3 is 0 Å². The first-order chi connectivity index (χ1) is 7.24. The maximum absolute atomic E-state index is 4.44. The van der Waals surface area contributed by atoms with E-state index in [-0.39, 0.29) is 0 Å². The van der Waals surface area contributed by atoms with Crippen LogP contribution in [0.5, 0.6) is 0 Å². The number of hydrogen-bond acceptors (Lipinski definition) is 1. The van der Waals surface area contributed by atoms with E-state index in [4.69, 9.17) is 0 Å². The number of pyridine rings is 1. The van der Waals surface area contributed by atoms with E-state index in [0.717, 1.165) is 12.3 Å². The van der Waals surface area contributed by atoms with Crippen molar-refractivity contribution in [2.45, 2.75) is 43.9 Å². The molecule has 1 aliphatic rings. The van der Waals surface area contributed by atoms with Crippen molar-refractivity contribution in [3.8, 4) is 0 Å². The van der Waals surface area contributed by atoms with Crippen molar-refractivity contribution in [3.05, 3.63) is 29.6 Å². The Morgan fingerprint density at radius 2 is 2.27 bits per heavy atom. The Kier molecular flexibility index (Phi) is 3.79. The molecule has 1 heterocycles. The number of hydrogen-bond donors (Lipinski definition) is 0. The topological polar surface area (TPSA) is 12.9 Å². The minimum absolute atomic E-state index is 0.609. The number of nitrogens with zero attached hydrogens (tertiary/aromatic N) is 1. The third-order valence-corrected chi connectivity index (χ3v) is 3.91. The van der Waals surface area contributed by atoms with Crippen molar-refractivity contribution >= 4 is 15.9 Å². The third-order valence-electron chi connectivity index (χ3n) is 3.22. The Hall–Kier alpha value is -0.370. The highest BCUT2D eigenvalue weighted by Crippen LogP contribution is 2.32. The van der Waals surface area contributed by atoms with E-state index in [1.165, 1.54) is 36.9 Å². The van der Waals surface area contributed by atoms with Crippen LogP contribution in [0.25, 0.3) is 0 Å². The van der Waals surface area contributed by atoms with Gasteiger partial charge in [-0.25, -0.2) is 0 Å².